The van der Waals surface area contributed by atoms with Crippen LogP contribution in [0.5, 0.6) is 0 Å². The van der Waals surface area contributed by atoms with E-state index in [1.54, 1.807) is 0 Å². The maximum absolute atomic E-state index is 9.39. The number of allylic oxidation sites excluding steroid dienone is 10. The Morgan fingerprint density at radius 1 is 0.613 bits per heavy atom. The Morgan fingerprint density at radius 2 is 0.968 bits per heavy atom. The van der Waals surface area contributed by atoms with Gasteiger partial charge in [0, 0.05) is 12.5 Å². The van der Waals surface area contributed by atoms with E-state index in [-0.39, 0.29) is 12.5 Å². The van der Waals surface area contributed by atoms with E-state index in [1.807, 2.05) is 6.92 Å². The van der Waals surface area contributed by atoms with E-state index in [1.165, 1.54) is 40.7 Å². The number of aliphatic hydroxyl groups is 1. The highest BCUT2D eigenvalue weighted by Gasteiger charge is 2.05. The molecule has 1 nitrogen and oxygen atoms in total. The third-order valence-electron chi connectivity index (χ3n) is 5.85. The fourth-order valence-corrected chi connectivity index (χ4v) is 3.41. The van der Waals surface area contributed by atoms with Crippen LogP contribution in [-0.4, -0.2) is 11.7 Å². The summed E-state index contributed by atoms with van der Waals surface area (Å²) in [7, 11) is 0. The minimum atomic E-state index is 0.192. The minimum Gasteiger partial charge on any atom is -0.396 e. The van der Waals surface area contributed by atoms with Gasteiger partial charge in [0.1, 0.15) is 0 Å². The van der Waals surface area contributed by atoms with Crippen LogP contribution >= 0.6 is 0 Å². The van der Waals surface area contributed by atoms with Crippen molar-refractivity contribution in [2.75, 3.05) is 6.61 Å². The van der Waals surface area contributed by atoms with Gasteiger partial charge in [-0.1, -0.05) is 70.4 Å². The molecule has 0 aliphatic heterocycles. The van der Waals surface area contributed by atoms with E-state index in [4.69, 9.17) is 0 Å². The molecule has 0 fully saturated rings. The Labute approximate surface area is 194 Å². The first kappa shape index (κ1) is 29.4. The molecule has 31 heavy (non-hydrogen) atoms. The molecule has 0 aromatic heterocycles. The van der Waals surface area contributed by atoms with Crippen LogP contribution in [0.15, 0.2) is 70.4 Å². The molecule has 0 aromatic carbocycles. The average molecular weight is 427 g/mol. The van der Waals surface area contributed by atoms with Crippen LogP contribution in [0.25, 0.3) is 0 Å². The molecule has 0 radical (unpaired) electrons. The predicted octanol–water partition coefficient (Wildman–Crippen LogP) is 9.43. The van der Waals surface area contributed by atoms with Gasteiger partial charge in [0.15, 0.2) is 0 Å². The zero-order chi connectivity index (χ0) is 23.6. The van der Waals surface area contributed by atoms with Crippen molar-refractivity contribution in [3.63, 3.8) is 0 Å². The third kappa shape index (κ3) is 17.7. The van der Waals surface area contributed by atoms with Crippen molar-refractivity contribution >= 4 is 0 Å². The third-order valence-corrected chi connectivity index (χ3v) is 5.85. The summed E-state index contributed by atoms with van der Waals surface area (Å²) < 4.78 is 0. The second-order valence-corrected chi connectivity index (χ2v) is 9.60. The van der Waals surface area contributed by atoms with Crippen molar-refractivity contribution in [1.29, 1.82) is 0 Å². The van der Waals surface area contributed by atoms with E-state index < -0.39 is 0 Å². The molecule has 0 saturated heterocycles. The minimum absolute atomic E-state index is 0.192. The molecule has 0 spiro atoms. The molecule has 0 rings (SSSR count). The monoisotopic (exact) mass is 426 g/mol. The zero-order valence-electron chi connectivity index (χ0n) is 21.7. The first-order valence-corrected chi connectivity index (χ1v) is 12.2. The quantitative estimate of drug-likeness (QED) is 0.244. The van der Waals surface area contributed by atoms with Gasteiger partial charge in [-0.05, 0) is 106 Å². The molecule has 1 N–H and O–H groups in total. The maximum Gasteiger partial charge on any atom is 0.0499 e. The second-order valence-electron chi connectivity index (χ2n) is 9.60. The average Bonchev–Trinajstić information content (AvgIpc) is 2.67. The standard InChI is InChI=1S/C30H50O/c1-24(2)13-9-14-26(5)15-10-16-27(6)17-11-18-28(7)19-12-20-29(8)21-22-30(23-31)25(3)4/h13,15,17,19,21,30-31H,3,9-12,14,16,18,20,22-23H2,1-2,4-8H3/b26-15+,27-17-,28-19-,29-21+/t30-/m0/s1. The van der Waals surface area contributed by atoms with Crippen molar-refractivity contribution in [2.24, 2.45) is 5.92 Å². The van der Waals surface area contributed by atoms with Gasteiger partial charge in [-0.2, -0.15) is 0 Å². The van der Waals surface area contributed by atoms with Gasteiger partial charge in [-0.3, -0.25) is 0 Å². The van der Waals surface area contributed by atoms with Crippen LogP contribution in [-0.2, 0) is 0 Å². The molecule has 0 bridgehead atoms. The topological polar surface area (TPSA) is 20.2 Å². The van der Waals surface area contributed by atoms with E-state index in [9.17, 15) is 5.11 Å². The van der Waals surface area contributed by atoms with Gasteiger partial charge in [-0.25, -0.2) is 0 Å². The lowest BCUT2D eigenvalue weighted by molar-refractivity contribution is 0.247. The van der Waals surface area contributed by atoms with Crippen LogP contribution in [0.3, 0.4) is 0 Å². The lowest BCUT2D eigenvalue weighted by Crippen LogP contribution is -2.05. The predicted molar refractivity (Wildman–Crippen MR) is 141 cm³/mol. The van der Waals surface area contributed by atoms with Crippen molar-refractivity contribution in [2.45, 2.75) is 106 Å². The van der Waals surface area contributed by atoms with Crippen LogP contribution in [0, 0.1) is 5.92 Å². The van der Waals surface area contributed by atoms with E-state index in [0.717, 1.165) is 50.5 Å². The summed E-state index contributed by atoms with van der Waals surface area (Å²) >= 11 is 0. The van der Waals surface area contributed by atoms with Crippen molar-refractivity contribution in [3.05, 3.63) is 70.4 Å². The Hall–Kier alpha value is -1.60. The molecule has 1 heteroatoms. The van der Waals surface area contributed by atoms with Gasteiger partial charge in [0.05, 0.1) is 0 Å². The van der Waals surface area contributed by atoms with E-state index in [0.29, 0.717) is 0 Å². The van der Waals surface area contributed by atoms with Crippen LogP contribution < -0.4 is 0 Å². The first-order valence-electron chi connectivity index (χ1n) is 12.2. The smallest absolute Gasteiger partial charge is 0.0499 e. The Kier molecular flexibility index (Phi) is 17.1. The molecular weight excluding hydrogens is 376 g/mol. The Balaban J connectivity index is 4.17. The van der Waals surface area contributed by atoms with Crippen LogP contribution in [0.1, 0.15) is 106 Å². The zero-order valence-corrected chi connectivity index (χ0v) is 21.7. The molecule has 0 saturated carbocycles. The fraction of sp³-hybridized carbons (Fsp3) is 0.600. The molecule has 0 aromatic rings. The molecule has 0 amide bonds. The molecule has 0 heterocycles. The normalized spacial score (nSPS) is 14.6. The fourth-order valence-electron chi connectivity index (χ4n) is 3.41. The maximum atomic E-state index is 9.39. The SMILES string of the molecule is C=C(C)[C@H](CO)C/C=C(\C)CC/C=C(/C)CC/C=C(/C)CC/C=C(\C)CCC=C(C)C. The first-order chi connectivity index (χ1) is 14.6. The largest absolute Gasteiger partial charge is 0.396 e. The summed E-state index contributed by atoms with van der Waals surface area (Å²) in [6.45, 7) is 19.5. The van der Waals surface area contributed by atoms with Gasteiger partial charge < -0.3 is 5.11 Å². The van der Waals surface area contributed by atoms with Crippen molar-refractivity contribution < 1.29 is 5.11 Å². The summed E-state index contributed by atoms with van der Waals surface area (Å²) in [6.07, 6.45) is 21.9. The number of rotatable bonds is 16. The summed E-state index contributed by atoms with van der Waals surface area (Å²) in [5.41, 5.74) is 8.40. The van der Waals surface area contributed by atoms with E-state index in [2.05, 4.69) is 78.5 Å². The summed E-state index contributed by atoms with van der Waals surface area (Å²) in [5.74, 6) is 0.198. The molecule has 1 atom stereocenters. The molecule has 0 unspecified atom stereocenters. The molecule has 0 aliphatic rings. The van der Waals surface area contributed by atoms with Gasteiger partial charge in [0.2, 0.25) is 0 Å². The highest BCUT2D eigenvalue weighted by Crippen LogP contribution is 2.17. The van der Waals surface area contributed by atoms with Gasteiger partial charge >= 0.3 is 0 Å². The van der Waals surface area contributed by atoms with Crippen molar-refractivity contribution in [1.82, 2.24) is 0 Å². The van der Waals surface area contributed by atoms with Crippen molar-refractivity contribution in [3.8, 4) is 0 Å². The number of hydrogen-bond donors (Lipinski definition) is 1. The lowest BCUT2D eigenvalue weighted by Gasteiger charge is -2.11. The van der Waals surface area contributed by atoms with E-state index >= 15 is 0 Å². The second kappa shape index (κ2) is 18.0. The summed E-state index contributed by atoms with van der Waals surface area (Å²) in [5, 5.41) is 9.39. The summed E-state index contributed by atoms with van der Waals surface area (Å²) in [6, 6.07) is 0. The van der Waals surface area contributed by atoms with Gasteiger partial charge in [0.25, 0.3) is 0 Å². The number of aliphatic hydroxyl groups excluding tert-OH is 1. The molecule has 0 aliphatic carbocycles. The number of hydrogen-bond acceptors (Lipinski definition) is 1. The highest BCUT2D eigenvalue weighted by atomic mass is 16.3. The molecular formula is C30H50O. The summed E-state index contributed by atoms with van der Waals surface area (Å²) in [4.78, 5) is 0. The molecule has 176 valence electrons. The van der Waals surface area contributed by atoms with Crippen LogP contribution in [0.2, 0.25) is 0 Å². The Morgan fingerprint density at radius 3 is 1.29 bits per heavy atom. The van der Waals surface area contributed by atoms with Crippen LogP contribution in [0.4, 0.5) is 0 Å². The van der Waals surface area contributed by atoms with Gasteiger partial charge in [-0.15, -0.1) is 0 Å². The Bertz CT molecular complexity index is 663. The highest BCUT2D eigenvalue weighted by molar-refractivity contribution is 5.09. The lowest BCUT2D eigenvalue weighted by atomic mass is 9.97.